The Labute approximate surface area is 155 Å². The lowest BCUT2D eigenvalue weighted by atomic mass is 10.1. The molecule has 0 bridgehead atoms. The number of hydrogen-bond donors (Lipinski definition) is 2. The SMILES string of the molecule is O=C(CC(=O)Nc1ccc(Cl)c(Cl)c1)NCCc1ccc(Cl)cc1. The molecule has 2 aromatic rings. The molecule has 0 radical (unpaired) electrons. The molecule has 0 aromatic heterocycles. The molecule has 2 aromatic carbocycles. The summed E-state index contributed by atoms with van der Waals surface area (Å²) < 4.78 is 0. The molecule has 0 atom stereocenters. The molecule has 0 heterocycles. The second-order valence-electron chi connectivity index (χ2n) is 5.08. The van der Waals surface area contributed by atoms with Crippen LogP contribution >= 0.6 is 34.8 Å². The second-order valence-corrected chi connectivity index (χ2v) is 6.33. The average Bonchev–Trinajstić information content (AvgIpc) is 2.53. The van der Waals surface area contributed by atoms with Gasteiger partial charge in [-0.15, -0.1) is 0 Å². The molecular formula is C17H15Cl3N2O2. The number of carbonyl (C=O) groups excluding carboxylic acids is 2. The molecule has 2 amide bonds. The summed E-state index contributed by atoms with van der Waals surface area (Å²) in [5.41, 5.74) is 1.54. The number of nitrogens with one attached hydrogen (secondary N) is 2. The lowest BCUT2D eigenvalue weighted by Crippen LogP contribution is -2.29. The molecule has 0 spiro atoms. The Morgan fingerprint density at radius 1 is 0.875 bits per heavy atom. The minimum Gasteiger partial charge on any atom is -0.355 e. The Kier molecular flexibility index (Phi) is 6.91. The van der Waals surface area contributed by atoms with Crippen LogP contribution in [-0.4, -0.2) is 18.4 Å². The van der Waals surface area contributed by atoms with E-state index in [-0.39, 0.29) is 12.3 Å². The van der Waals surface area contributed by atoms with Crippen molar-refractivity contribution in [2.75, 3.05) is 11.9 Å². The van der Waals surface area contributed by atoms with Gasteiger partial charge in [-0.3, -0.25) is 9.59 Å². The van der Waals surface area contributed by atoms with Crippen molar-refractivity contribution < 1.29 is 9.59 Å². The van der Waals surface area contributed by atoms with Crippen LogP contribution in [0.1, 0.15) is 12.0 Å². The van der Waals surface area contributed by atoms with Gasteiger partial charge in [0.05, 0.1) is 10.0 Å². The van der Waals surface area contributed by atoms with Gasteiger partial charge >= 0.3 is 0 Å². The Bertz CT molecular complexity index is 733. The third kappa shape index (κ3) is 6.04. The van der Waals surface area contributed by atoms with Gasteiger partial charge in [-0.25, -0.2) is 0 Å². The van der Waals surface area contributed by atoms with Gasteiger partial charge in [-0.1, -0.05) is 46.9 Å². The molecule has 2 N–H and O–H groups in total. The number of rotatable bonds is 6. The van der Waals surface area contributed by atoms with E-state index in [4.69, 9.17) is 34.8 Å². The standard InChI is InChI=1S/C17H15Cl3N2O2/c18-12-3-1-11(2-4-12)7-8-21-16(23)10-17(24)22-13-5-6-14(19)15(20)9-13/h1-6,9H,7-8,10H2,(H,21,23)(H,22,24). The van der Waals surface area contributed by atoms with Crippen LogP contribution in [0.25, 0.3) is 0 Å². The van der Waals surface area contributed by atoms with E-state index in [0.717, 1.165) is 5.56 Å². The minimum absolute atomic E-state index is 0.263. The first kappa shape index (κ1) is 18.6. The van der Waals surface area contributed by atoms with Crippen LogP contribution in [0, 0.1) is 0 Å². The second kappa shape index (κ2) is 8.92. The molecule has 126 valence electrons. The largest absolute Gasteiger partial charge is 0.355 e. The molecule has 0 aliphatic carbocycles. The van der Waals surface area contributed by atoms with E-state index in [2.05, 4.69) is 10.6 Å². The first-order valence-electron chi connectivity index (χ1n) is 7.20. The molecule has 0 saturated carbocycles. The van der Waals surface area contributed by atoms with E-state index in [9.17, 15) is 9.59 Å². The topological polar surface area (TPSA) is 58.2 Å². The highest BCUT2D eigenvalue weighted by molar-refractivity contribution is 6.42. The summed E-state index contributed by atoms with van der Waals surface area (Å²) in [6.07, 6.45) is 0.401. The van der Waals surface area contributed by atoms with Crippen molar-refractivity contribution in [3.63, 3.8) is 0 Å². The molecule has 24 heavy (non-hydrogen) atoms. The summed E-state index contributed by atoms with van der Waals surface area (Å²) in [4.78, 5) is 23.6. The van der Waals surface area contributed by atoms with Gasteiger partial charge in [-0.05, 0) is 42.3 Å². The smallest absolute Gasteiger partial charge is 0.233 e. The summed E-state index contributed by atoms with van der Waals surface area (Å²) in [5.74, 6) is -0.765. The van der Waals surface area contributed by atoms with Gasteiger partial charge in [0, 0.05) is 17.3 Å². The van der Waals surface area contributed by atoms with Crippen LogP contribution in [0.5, 0.6) is 0 Å². The zero-order valence-electron chi connectivity index (χ0n) is 12.6. The molecule has 0 aliphatic rings. The van der Waals surface area contributed by atoms with Crippen molar-refractivity contribution in [3.8, 4) is 0 Å². The molecule has 7 heteroatoms. The van der Waals surface area contributed by atoms with Gasteiger partial charge in [0.2, 0.25) is 11.8 Å². The quantitative estimate of drug-likeness (QED) is 0.727. The van der Waals surface area contributed by atoms with Crippen molar-refractivity contribution in [1.82, 2.24) is 5.32 Å². The molecule has 4 nitrogen and oxygen atoms in total. The fourth-order valence-electron chi connectivity index (χ4n) is 1.98. The van der Waals surface area contributed by atoms with Crippen LogP contribution in [0.3, 0.4) is 0 Å². The van der Waals surface area contributed by atoms with Gasteiger partial charge < -0.3 is 10.6 Å². The Balaban J connectivity index is 1.74. The lowest BCUT2D eigenvalue weighted by molar-refractivity contribution is -0.126. The summed E-state index contributed by atoms with van der Waals surface area (Å²) in [7, 11) is 0. The minimum atomic E-state index is -0.419. The van der Waals surface area contributed by atoms with E-state index in [0.29, 0.717) is 33.7 Å². The lowest BCUT2D eigenvalue weighted by Gasteiger charge is -2.07. The van der Waals surface area contributed by atoms with Gasteiger partial charge in [0.25, 0.3) is 0 Å². The van der Waals surface area contributed by atoms with Gasteiger partial charge in [-0.2, -0.15) is 0 Å². The molecular weight excluding hydrogens is 371 g/mol. The van der Waals surface area contributed by atoms with Gasteiger partial charge in [0.1, 0.15) is 6.42 Å². The predicted molar refractivity (Wildman–Crippen MR) is 97.9 cm³/mol. The fourth-order valence-corrected chi connectivity index (χ4v) is 2.41. The summed E-state index contributed by atoms with van der Waals surface area (Å²) in [6.45, 7) is 0.445. The zero-order chi connectivity index (χ0) is 17.5. The maximum atomic E-state index is 11.8. The number of benzene rings is 2. The highest BCUT2D eigenvalue weighted by Crippen LogP contribution is 2.25. The third-order valence-electron chi connectivity index (χ3n) is 3.17. The molecule has 0 aliphatic heterocycles. The van der Waals surface area contributed by atoms with Crippen molar-refractivity contribution in [1.29, 1.82) is 0 Å². The Morgan fingerprint density at radius 3 is 2.25 bits per heavy atom. The monoisotopic (exact) mass is 384 g/mol. The maximum absolute atomic E-state index is 11.8. The molecule has 0 fully saturated rings. The molecule has 0 saturated heterocycles. The predicted octanol–water partition coefficient (Wildman–Crippen LogP) is 4.33. The number of carbonyl (C=O) groups is 2. The highest BCUT2D eigenvalue weighted by atomic mass is 35.5. The summed E-state index contributed by atoms with van der Waals surface area (Å²) >= 11 is 17.5. The van der Waals surface area contributed by atoms with E-state index in [1.165, 1.54) is 6.07 Å². The van der Waals surface area contributed by atoms with Crippen molar-refractivity contribution in [2.24, 2.45) is 0 Å². The van der Waals surface area contributed by atoms with Crippen molar-refractivity contribution in [2.45, 2.75) is 12.8 Å². The number of amides is 2. The van der Waals surface area contributed by atoms with Crippen LogP contribution in [0.4, 0.5) is 5.69 Å². The number of halogens is 3. The first-order valence-corrected chi connectivity index (χ1v) is 8.33. The van der Waals surface area contributed by atoms with E-state index < -0.39 is 5.91 Å². The summed E-state index contributed by atoms with van der Waals surface area (Å²) in [5, 5.41) is 6.70. The fraction of sp³-hybridized carbons (Fsp3) is 0.176. The van der Waals surface area contributed by atoms with Crippen LogP contribution in [0.2, 0.25) is 15.1 Å². The highest BCUT2D eigenvalue weighted by Gasteiger charge is 2.10. The van der Waals surface area contributed by atoms with Crippen molar-refractivity contribution >= 4 is 52.3 Å². The maximum Gasteiger partial charge on any atom is 0.233 e. The normalized spacial score (nSPS) is 10.3. The Morgan fingerprint density at radius 2 is 1.58 bits per heavy atom. The summed E-state index contributed by atoms with van der Waals surface area (Å²) in [6, 6.07) is 12.1. The molecule has 2 rings (SSSR count). The van der Waals surface area contributed by atoms with Crippen LogP contribution in [0.15, 0.2) is 42.5 Å². The van der Waals surface area contributed by atoms with E-state index in [1.807, 2.05) is 12.1 Å². The van der Waals surface area contributed by atoms with Crippen LogP contribution < -0.4 is 10.6 Å². The molecule has 0 unspecified atom stereocenters. The first-order chi connectivity index (χ1) is 11.4. The average molecular weight is 386 g/mol. The Hall–Kier alpha value is -1.75. The third-order valence-corrected chi connectivity index (χ3v) is 4.16. The van der Waals surface area contributed by atoms with E-state index in [1.54, 1.807) is 24.3 Å². The van der Waals surface area contributed by atoms with Crippen molar-refractivity contribution in [3.05, 3.63) is 63.1 Å². The zero-order valence-corrected chi connectivity index (χ0v) is 14.9. The van der Waals surface area contributed by atoms with Crippen LogP contribution in [-0.2, 0) is 16.0 Å². The number of hydrogen-bond acceptors (Lipinski definition) is 2. The van der Waals surface area contributed by atoms with Gasteiger partial charge in [0.15, 0.2) is 0 Å². The number of anilines is 1. The van der Waals surface area contributed by atoms with E-state index >= 15 is 0 Å².